The highest BCUT2D eigenvalue weighted by atomic mass is 35.5. The van der Waals surface area contributed by atoms with Gasteiger partial charge in [0, 0.05) is 6.42 Å². The third kappa shape index (κ3) is 4.48. The van der Waals surface area contributed by atoms with Gasteiger partial charge in [0.1, 0.15) is 5.84 Å². The molecule has 0 aliphatic heterocycles. The molecule has 2 rings (SSSR count). The number of nitrogens with zero attached hydrogens (tertiary/aromatic N) is 1. The number of amidine groups is 1. The second-order valence-corrected chi connectivity index (χ2v) is 5.57. The maximum absolute atomic E-state index is 11.8. The molecule has 2 aromatic rings. The van der Waals surface area contributed by atoms with Gasteiger partial charge in [-0.05, 0) is 36.8 Å². The van der Waals surface area contributed by atoms with Crippen LogP contribution in [0.4, 0.5) is 0 Å². The first kappa shape index (κ1) is 16.3. The summed E-state index contributed by atoms with van der Waals surface area (Å²) in [5.41, 5.74) is 8.03. The normalized spacial score (nSPS) is 11.3. The molecule has 2 aromatic carbocycles. The second-order valence-electron chi connectivity index (χ2n) is 4.75. The fourth-order valence-corrected chi connectivity index (χ4v) is 2.05. The third-order valence-electron chi connectivity index (χ3n) is 2.90. The number of halogens is 2. The summed E-state index contributed by atoms with van der Waals surface area (Å²) in [6, 6.07) is 12.1. The van der Waals surface area contributed by atoms with Crippen molar-refractivity contribution in [1.29, 1.82) is 0 Å². The smallest absolute Gasteiger partial charge is 0.365 e. The molecular formula is C16H14Cl2N2O2. The maximum atomic E-state index is 11.8. The monoisotopic (exact) mass is 336 g/mol. The van der Waals surface area contributed by atoms with Gasteiger partial charge in [0.2, 0.25) is 0 Å². The van der Waals surface area contributed by atoms with Crippen LogP contribution in [-0.2, 0) is 11.3 Å². The molecule has 0 unspecified atom stereocenters. The topological polar surface area (TPSA) is 64.7 Å². The number of carbonyl (C=O) groups excluding carboxylic acids is 1. The van der Waals surface area contributed by atoms with Crippen LogP contribution in [0.1, 0.15) is 21.5 Å². The molecule has 0 bridgehead atoms. The molecule has 0 amide bonds. The Bertz CT molecular complexity index is 713. The van der Waals surface area contributed by atoms with Gasteiger partial charge in [-0.3, -0.25) is 0 Å². The van der Waals surface area contributed by atoms with Crippen LogP contribution in [0.2, 0.25) is 10.0 Å². The van der Waals surface area contributed by atoms with Gasteiger partial charge in [-0.25, -0.2) is 4.79 Å². The van der Waals surface area contributed by atoms with Crippen LogP contribution in [0.5, 0.6) is 0 Å². The van der Waals surface area contributed by atoms with Crippen LogP contribution < -0.4 is 5.73 Å². The number of hydrogen-bond acceptors (Lipinski definition) is 3. The van der Waals surface area contributed by atoms with Gasteiger partial charge in [-0.1, -0.05) is 52.1 Å². The highest BCUT2D eigenvalue weighted by molar-refractivity contribution is 6.42. The lowest BCUT2D eigenvalue weighted by Crippen LogP contribution is -2.16. The van der Waals surface area contributed by atoms with Crippen LogP contribution in [-0.4, -0.2) is 11.8 Å². The van der Waals surface area contributed by atoms with E-state index in [-0.39, 0.29) is 5.84 Å². The summed E-state index contributed by atoms with van der Waals surface area (Å²) in [6.45, 7) is 1.93. The fraction of sp³-hybridized carbons (Fsp3) is 0.125. The van der Waals surface area contributed by atoms with Crippen molar-refractivity contribution in [2.75, 3.05) is 0 Å². The van der Waals surface area contributed by atoms with Crippen molar-refractivity contribution in [1.82, 2.24) is 0 Å². The first-order chi connectivity index (χ1) is 10.5. The number of rotatable bonds is 4. The van der Waals surface area contributed by atoms with Crippen LogP contribution in [0.15, 0.2) is 47.6 Å². The molecule has 114 valence electrons. The maximum Gasteiger partial charge on any atom is 0.365 e. The van der Waals surface area contributed by atoms with E-state index in [1.54, 1.807) is 30.3 Å². The van der Waals surface area contributed by atoms with Crippen LogP contribution in [0.25, 0.3) is 0 Å². The van der Waals surface area contributed by atoms with Crippen molar-refractivity contribution in [3.8, 4) is 0 Å². The first-order valence-electron chi connectivity index (χ1n) is 6.50. The van der Waals surface area contributed by atoms with Crippen molar-refractivity contribution in [3.63, 3.8) is 0 Å². The van der Waals surface area contributed by atoms with Crippen molar-refractivity contribution in [2.24, 2.45) is 10.9 Å². The summed E-state index contributed by atoms with van der Waals surface area (Å²) in [5.74, 6) is -0.393. The average molecular weight is 337 g/mol. The molecule has 0 saturated carbocycles. The van der Waals surface area contributed by atoms with Gasteiger partial charge < -0.3 is 10.6 Å². The van der Waals surface area contributed by atoms with Gasteiger partial charge in [0.05, 0.1) is 15.6 Å². The Morgan fingerprint density at radius 2 is 1.82 bits per heavy atom. The minimum absolute atomic E-state index is 0.166. The largest absolute Gasteiger partial charge is 0.384 e. The fourth-order valence-electron chi connectivity index (χ4n) is 1.73. The lowest BCUT2D eigenvalue weighted by molar-refractivity contribution is 0.0515. The zero-order valence-corrected chi connectivity index (χ0v) is 13.4. The Hall–Kier alpha value is -2.04. The Morgan fingerprint density at radius 3 is 2.45 bits per heavy atom. The molecule has 0 spiro atoms. The lowest BCUT2D eigenvalue weighted by Gasteiger charge is -2.03. The highest BCUT2D eigenvalue weighted by Gasteiger charge is 2.07. The zero-order valence-electron chi connectivity index (χ0n) is 11.8. The van der Waals surface area contributed by atoms with Gasteiger partial charge >= 0.3 is 5.97 Å². The molecule has 4 nitrogen and oxygen atoms in total. The van der Waals surface area contributed by atoms with E-state index < -0.39 is 5.97 Å². The lowest BCUT2D eigenvalue weighted by atomic mass is 10.1. The van der Waals surface area contributed by atoms with E-state index in [1.807, 2.05) is 19.1 Å². The Kier molecular flexibility index (Phi) is 5.41. The summed E-state index contributed by atoms with van der Waals surface area (Å²) in [6.07, 6.45) is 0.304. The molecule has 0 radical (unpaired) electrons. The van der Waals surface area contributed by atoms with Crippen LogP contribution in [0, 0.1) is 6.92 Å². The second kappa shape index (κ2) is 7.29. The van der Waals surface area contributed by atoms with Crippen molar-refractivity contribution in [2.45, 2.75) is 13.3 Å². The molecule has 0 aliphatic rings. The van der Waals surface area contributed by atoms with Gasteiger partial charge in [-0.15, -0.1) is 0 Å². The quantitative estimate of drug-likeness (QED) is 0.397. The highest BCUT2D eigenvalue weighted by Crippen LogP contribution is 2.22. The Labute approximate surface area is 138 Å². The summed E-state index contributed by atoms with van der Waals surface area (Å²) >= 11 is 11.8. The van der Waals surface area contributed by atoms with E-state index in [9.17, 15) is 4.79 Å². The molecule has 0 fully saturated rings. The summed E-state index contributed by atoms with van der Waals surface area (Å²) in [4.78, 5) is 16.6. The minimum Gasteiger partial charge on any atom is -0.384 e. The first-order valence-corrected chi connectivity index (χ1v) is 7.25. The standard InChI is InChI=1S/C16H14Cl2N2O2/c1-10-2-5-12(6-3-10)16(21)22-20-15(19)9-11-4-7-13(17)14(18)8-11/h2-8H,9H2,1H3,(H2,19,20). The van der Waals surface area contributed by atoms with Crippen molar-refractivity contribution in [3.05, 3.63) is 69.2 Å². The van der Waals surface area contributed by atoms with Crippen molar-refractivity contribution >= 4 is 35.0 Å². The van der Waals surface area contributed by atoms with Gasteiger partial charge in [-0.2, -0.15) is 0 Å². The predicted octanol–water partition coefficient (Wildman–Crippen LogP) is 3.97. The predicted molar refractivity (Wildman–Crippen MR) is 88.4 cm³/mol. The number of nitrogens with two attached hydrogens (primary N) is 1. The third-order valence-corrected chi connectivity index (χ3v) is 3.64. The average Bonchev–Trinajstić information content (AvgIpc) is 2.49. The Balaban J connectivity index is 1.98. The molecular weight excluding hydrogens is 323 g/mol. The van der Waals surface area contributed by atoms with E-state index in [0.717, 1.165) is 11.1 Å². The van der Waals surface area contributed by atoms with Crippen molar-refractivity contribution < 1.29 is 9.63 Å². The van der Waals surface area contributed by atoms with Crippen LogP contribution >= 0.6 is 23.2 Å². The summed E-state index contributed by atoms with van der Waals surface area (Å²) in [5, 5.41) is 4.54. The van der Waals surface area contributed by atoms with E-state index in [0.29, 0.717) is 22.0 Å². The van der Waals surface area contributed by atoms with E-state index in [2.05, 4.69) is 5.16 Å². The number of oxime groups is 1. The molecule has 0 heterocycles. The van der Waals surface area contributed by atoms with E-state index in [1.165, 1.54) is 0 Å². The summed E-state index contributed by atoms with van der Waals surface area (Å²) in [7, 11) is 0. The zero-order chi connectivity index (χ0) is 16.1. The molecule has 2 N–H and O–H groups in total. The molecule has 0 saturated heterocycles. The van der Waals surface area contributed by atoms with Gasteiger partial charge in [0.15, 0.2) is 0 Å². The van der Waals surface area contributed by atoms with Gasteiger partial charge in [0.25, 0.3) is 0 Å². The molecule has 0 aliphatic carbocycles. The molecule has 6 heteroatoms. The number of carbonyl (C=O) groups is 1. The number of benzene rings is 2. The summed E-state index contributed by atoms with van der Waals surface area (Å²) < 4.78 is 0. The van der Waals surface area contributed by atoms with E-state index in [4.69, 9.17) is 33.8 Å². The molecule has 0 aromatic heterocycles. The van der Waals surface area contributed by atoms with Crippen LogP contribution in [0.3, 0.4) is 0 Å². The SMILES string of the molecule is Cc1ccc(C(=O)O/N=C(\N)Cc2ccc(Cl)c(Cl)c2)cc1. The number of aryl methyl sites for hydroxylation is 1. The minimum atomic E-state index is -0.558. The molecule has 22 heavy (non-hydrogen) atoms. The Morgan fingerprint density at radius 1 is 1.14 bits per heavy atom. The van der Waals surface area contributed by atoms with E-state index >= 15 is 0 Å². The number of hydrogen-bond donors (Lipinski definition) is 1. The molecule has 0 atom stereocenters.